The largest absolute Gasteiger partial charge is 0.381 e. The topological polar surface area (TPSA) is 48.5 Å². The first-order valence-corrected chi connectivity index (χ1v) is 9.46. The number of nitrogens with zero attached hydrogens (tertiary/aromatic N) is 3. The van der Waals surface area contributed by atoms with E-state index >= 15 is 0 Å². The molecule has 26 heavy (non-hydrogen) atoms. The van der Waals surface area contributed by atoms with Crippen molar-refractivity contribution in [3.05, 3.63) is 53.3 Å². The first kappa shape index (κ1) is 18.5. The summed E-state index contributed by atoms with van der Waals surface area (Å²) in [6.07, 6.45) is 4.43. The monoisotopic (exact) mass is 372 g/mol. The summed E-state index contributed by atoms with van der Waals surface area (Å²) >= 11 is 6.08. The van der Waals surface area contributed by atoms with E-state index in [0.29, 0.717) is 24.7 Å². The number of anilines is 2. The van der Waals surface area contributed by atoms with E-state index in [4.69, 9.17) is 11.6 Å². The van der Waals surface area contributed by atoms with Gasteiger partial charge in [-0.05, 0) is 37.6 Å². The Labute approximate surface area is 160 Å². The Morgan fingerprint density at radius 2 is 2.00 bits per heavy atom. The Balaban J connectivity index is 1.62. The molecule has 1 unspecified atom stereocenters. The average molecular weight is 373 g/mol. The quantitative estimate of drug-likeness (QED) is 0.864. The third kappa shape index (κ3) is 4.47. The predicted molar refractivity (Wildman–Crippen MR) is 107 cm³/mol. The van der Waals surface area contributed by atoms with Crippen LogP contribution in [0, 0.1) is 0 Å². The Kier molecular flexibility index (Phi) is 5.99. The predicted octanol–water partition coefficient (Wildman–Crippen LogP) is 3.91. The van der Waals surface area contributed by atoms with Crippen LogP contribution in [-0.2, 0) is 0 Å². The number of piperazine rings is 1. The van der Waals surface area contributed by atoms with Crippen molar-refractivity contribution in [3.63, 3.8) is 0 Å². The number of nitrogens with one attached hydrogen (secondary N) is 1. The molecule has 1 aromatic carbocycles. The highest BCUT2D eigenvalue weighted by molar-refractivity contribution is 6.30. The van der Waals surface area contributed by atoms with Gasteiger partial charge >= 0.3 is 0 Å². The average Bonchev–Trinajstić information content (AvgIpc) is 2.67. The zero-order valence-corrected chi connectivity index (χ0v) is 16.0. The molecule has 5 nitrogen and oxygen atoms in total. The van der Waals surface area contributed by atoms with Gasteiger partial charge in [0.05, 0.1) is 11.3 Å². The Morgan fingerprint density at radius 1 is 1.23 bits per heavy atom. The number of hydrogen-bond donors (Lipinski definition) is 1. The van der Waals surface area contributed by atoms with Crippen LogP contribution in [0.25, 0.3) is 0 Å². The Hall–Kier alpha value is -2.27. The number of carbonyl (C=O) groups is 1. The number of rotatable bonds is 5. The molecule has 1 amide bonds. The molecule has 1 aromatic heterocycles. The highest BCUT2D eigenvalue weighted by atomic mass is 35.5. The highest BCUT2D eigenvalue weighted by Crippen LogP contribution is 2.21. The van der Waals surface area contributed by atoms with E-state index in [1.54, 1.807) is 12.4 Å². The summed E-state index contributed by atoms with van der Waals surface area (Å²) in [5.74, 6) is 0.0380. The zero-order chi connectivity index (χ0) is 18.5. The van der Waals surface area contributed by atoms with Gasteiger partial charge in [0, 0.05) is 55.3 Å². The lowest BCUT2D eigenvalue weighted by Crippen LogP contribution is -2.48. The van der Waals surface area contributed by atoms with Crippen LogP contribution in [0.2, 0.25) is 5.02 Å². The van der Waals surface area contributed by atoms with Crippen molar-refractivity contribution in [1.29, 1.82) is 0 Å². The fourth-order valence-corrected chi connectivity index (χ4v) is 3.23. The lowest BCUT2D eigenvalue weighted by molar-refractivity contribution is 0.0746. The second-order valence-electron chi connectivity index (χ2n) is 6.68. The van der Waals surface area contributed by atoms with Gasteiger partial charge in [0.1, 0.15) is 0 Å². The molecule has 1 fully saturated rings. The lowest BCUT2D eigenvalue weighted by Gasteiger charge is -2.36. The van der Waals surface area contributed by atoms with Crippen LogP contribution in [0.1, 0.15) is 30.6 Å². The van der Waals surface area contributed by atoms with Crippen molar-refractivity contribution >= 4 is 28.9 Å². The highest BCUT2D eigenvalue weighted by Gasteiger charge is 2.23. The molecular weight excluding hydrogens is 348 g/mol. The molecule has 1 N–H and O–H groups in total. The second kappa shape index (κ2) is 8.41. The van der Waals surface area contributed by atoms with E-state index < -0.39 is 0 Å². The van der Waals surface area contributed by atoms with Crippen molar-refractivity contribution in [2.24, 2.45) is 0 Å². The van der Waals surface area contributed by atoms with Crippen molar-refractivity contribution in [2.45, 2.75) is 26.3 Å². The summed E-state index contributed by atoms with van der Waals surface area (Å²) in [5, 5.41) is 4.10. The summed E-state index contributed by atoms with van der Waals surface area (Å²) in [4.78, 5) is 21.2. The molecule has 6 heteroatoms. The van der Waals surface area contributed by atoms with Crippen LogP contribution in [0.5, 0.6) is 0 Å². The van der Waals surface area contributed by atoms with Gasteiger partial charge in [0.25, 0.3) is 5.91 Å². The van der Waals surface area contributed by atoms with E-state index in [2.05, 4.69) is 35.1 Å². The Morgan fingerprint density at radius 3 is 2.69 bits per heavy atom. The van der Waals surface area contributed by atoms with E-state index in [-0.39, 0.29) is 5.91 Å². The van der Waals surface area contributed by atoms with Gasteiger partial charge in [0.15, 0.2) is 0 Å². The van der Waals surface area contributed by atoms with Crippen LogP contribution in [-0.4, -0.2) is 48.0 Å². The summed E-state index contributed by atoms with van der Waals surface area (Å²) in [6.45, 7) is 7.21. The molecule has 1 saturated heterocycles. The number of carbonyl (C=O) groups excluding carboxylic acids is 1. The zero-order valence-electron chi connectivity index (χ0n) is 15.3. The molecule has 0 bridgehead atoms. The van der Waals surface area contributed by atoms with Gasteiger partial charge in [-0.15, -0.1) is 0 Å². The minimum absolute atomic E-state index is 0.0380. The van der Waals surface area contributed by atoms with Crippen molar-refractivity contribution in [2.75, 3.05) is 36.4 Å². The number of halogens is 1. The van der Waals surface area contributed by atoms with Crippen molar-refractivity contribution in [3.8, 4) is 0 Å². The summed E-state index contributed by atoms with van der Waals surface area (Å²) < 4.78 is 0. The maximum absolute atomic E-state index is 12.8. The fourth-order valence-electron chi connectivity index (χ4n) is 3.05. The minimum atomic E-state index is 0.0380. The molecule has 138 valence electrons. The normalized spacial score (nSPS) is 15.7. The number of pyridine rings is 1. The molecule has 2 heterocycles. The summed E-state index contributed by atoms with van der Waals surface area (Å²) in [6, 6.07) is 10.1. The molecule has 0 aliphatic carbocycles. The van der Waals surface area contributed by atoms with Gasteiger partial charge in [-0.3, -0.25) is 9.78 Å². The van der Waals surface area contributed by atoms with Crippen molar-refractivity contribution in [1.82, 2.24) is 9.88 Å². The summed E-state index contributed by atoms with van der Waals surface area (Å²) in [5.41, 5.74) is 2.63. The van der Waals surface area contributed by atoms with Gasteiger partial charge < -0.3 is 15.1 Å². The Bertz CT molecular complexity index is 759. The van der Waals surface area contributed by atoms with Gasteiger partial charge in [-0.25, -0.2) is 0 Å². The van der Waals surface area contributed by atoms with Crippen LogP contribution < -0.4 is 10.2 Å². The molecule has 1 aliphatic rings. The van der Waals surface area contributed by atoms with Gasteiger partial charge in [-0.2, -0.15) is 0 Å². The number of hydrogen-bond acceptors (Lipinski definition) is 4. The van der Waals surface area contributed by atoms with Crippen LogP contribution in [0.4, 0.5) is 11.4 Å². The van der Waals surface area contributed by atoms with E-state index in [1.165, 1.54) is 0 Å². The fraction of sp³-hybridized carbons (Fsp3) is 0.400. The molecule has 1 atom stereocenters. The molecule has 0 saturated carbocycles. The van der Waals surface area contributed by atoms with Crippen LogP contribution in [0.3, 0.4) is 0 Å². The molecule has 2 aromatic rings. The first-order chi connectivity index (χ1) is 12.6. The molecule has 0 radical (unpaired) electrons. The summed E-state index contributed by atoms with van der Waals surface area (Å²) in [7, 11) is 0. The molecular formula is C20H25ClN4O. The lowest BCUT2D eigenvalue weighted by atomic mass is 10.2. The maximum atomic E-state index is 12.8. The number of amides is 1. The van der Waals surface area contributed by atoms with E-state index in [1.807, 2.05) is 29.2 Å². The standard InChI is InChI=1S/C20H25ClN4O/c1-3-15(2)23-18-11-16(13-22-14-18)20(26)25-9-7-24(8-10-25)19-6-4-5-17(21)12-19/h4-6,11-15,23H,3,7-10H2,1-2H3. The molecule has 1 aliphatic heterocycles. The van der Waals surface area contributed by atoms with Crippen LogP contribution >= 0.6 is 11.6 Å². The third-order valence-electron chi connectivity index (χ3n) is 4.75. The first-order valence-electron chi connectivity index (χ1n) is 9.08. The SMILES string of the molecule is CCC(C)Nc1cncc(C(=O)N2CCN(c3cccc(Cl)c3)CC2)c1. The van der Waals surface area contributed by atoms with E-state index in [9.17, 15) is 4.79 Å². The maximum Gasteiger partial charge on any atom is 0.255 e. The second-order valence-corrected chi connectivity index (χ2v) is 7.11. The van der Waals surface area contributed by atoms with Gasteiger partial charge in [-0.1, -0.05) is 24.6 Å². The molecule has 0 spiro atoms. The number of aromatic nitrogens is 1. The smallest absolute Gasteiger partial charge is 0.255 e. The molecule has 3 rings (SSSR count). The van der Waals surface area contributed by atoms with Gasteiger partial charge in [0.2, 0.25) is 0 Å². The number of benzene rings is 1. The van der Waals surface area contributed by atoms with E-state index in [0.717, 1.165) is 35.9 Å². The van der Waals surface area contributed by atoms with Crippen LogP contribution in [0.15, 0.2) is 42.7 Å². The third-order valence-corrected chi connectivity index (χ3v) is 4.99. The van der Waals surface area contributed by atoms with Crippen molar-refractivity contribution < 1.29 is 4.79 Å². The minimum Gasteiger partial charge on any atom is -0.381 e.